The standard InChI is InChI=1S/C30H34N2O2/c33-29(17-16-25-10-4-1-5-11-25)31-22-19-28(20-23-31)30(34)32(24-27-14-8-3-9-15-27)21-18-26-12-6-2-7-13-26/h1-15,28H,16-24H2. The van der Waals surface area contributed by atoms with Gasteiger partial charge in [-0.15, -0.1) is 0 Å². The van der Waals surface area contributed by atoms with E-state index in [1.165, 1.54) is 11.1 Å². The summed E-state index contributed by atoms with van der Waals surface area (Å²) in [6, 6.07) is 30.7. The summed E-state index contributed by atoms with van der Waals surface area (Å²) >= 11 is 0. The molecule has 0 atom stereocenters. The first-order chi connectivity index (χ1) is 16.7. The molecule has 34 heavy (non-hydrogen) atoms. The highest BCUT2D eigenvalue weighted by atomic mass is 16.2. The Balaban J connectivity index is 1.32. The van der Waals surface area contributed by atoms with E-state index in [9.17, 15) is 9.59 Å². The Morgan fingerprint density at radius 3 is 1.76 bits per heavy atom. The SMILES string of the molecule is O=C(CCc1ccccc1)N1CCC(C(=O)N(CCc2ccccc2)Cc2ccccc2)CC1. The second-order valence-corrected chi connectivity index (χ2v) is 9.12. The van der Waals surface area contributed by atoms with E-state index < -0.39 is 0 Å². The van der Waals surface area contributed by atoms with Crippen LogP contribution >= 0.6 is 0 Å². The number of hydrogen-bond acceptors (Lipinski definition) is 2. The van der Waals surface area contributed by atoms with Gasteiger partial charge in [-0.1, -0.05) is 91.0 Å². The van der Waals surface area contributed by atoms with Crippen molar-refractivity contribution in [3.63, 3.8) is 0 Å². The highest BCUT2D eigenvalue weighted by Crippen LogP contribution is 2.22. The molecule has 1 fully saturated rings. The number of carbonyl (C=O) groups excluding carboxylic acids is 2. The van der Waals surface area contributed by atoms with Crippen LogP contribution in [0.3, 0.4) is 0 Å². The molecule has 1 aliphatic rings. The van der Waals surface area contributed by atoms with Crippen LogP contribution in [-0.4, -0.2) is 41.2 Å². The number of carbonyl (C=O) groups is 2. The smallest absolute Gasteiger partial charge is 0.226 e. The van der Waals surface area contributed by atoms with Crippen molar-refractivity contribution < 1.29 is 9.59 Å². The lowest BCUT2D eigenvalue weighted by Crippen LogP contribution is -2.44. The van der Waals surface area contributed by atoms with Gasteiger partial charge in [0.05, 0.1) is 0 Å². The number of nitrogens with zero attached hydrogens (tertiary/aromatic N) is 2. The molecule has 176 valence electrons. The number of amides is 2. The van der Waals surface area contributed by atoms with Gasteiger partial charge in [-0.3, -0.25) is 9.59 Å². The summed E-state index contributed by atoms with van der Waals surface area (Å²) in [6.07, 6.45) is 3.62. The van der Waals surface area contributed by atoms with Gasteiger partial charge in [0.1, 0.15) is 0 Å². The summed E-state index contributed by atoms with van der Waals surface area (Å²) in [5, 5.41) is 0. The highest BCUT2D eigenvalue weighted by molar-refractivity contribution is 5.80. The van der Waals surface area contributed by atoms with Crippen LogP contribution in [0.2, 0.25) is 0 Å². The average Bonchev–Trinajstić information content (AvgIpc) is 2.91. The number of benzene rings is 3. The summed E-state index contributed by atoms with van der Waals surface area (Å²) in [6.45, 7) is 2.67. The van der Waals surface area contributed by atoms with E-state index in [1.54, 1.807) is 0 Å². The van der Waals surface area contributed by atoms with Crippen molar-refractivity contribution in [2.45, 2.75) is 38.6 Å². The first kappa shape index (κ1) is 23.7. The molecule has 1 saturated heterocycles. The summed E-state index contributed by atoms with van der Waals surface area (Å²) in [5.41, 5.74) is 3.58. The number of rotatable bonds is 9. The van der Waals surface area contributed by atoms with Gasteiger partial charge in [0.15, 0.2) is 0 Å². The summed E-state index contributed by atoms with van der Waals surface area (Å²) in [7, 11) is 0. The van der Waals surface area contributed by atoms with Gasteiger partial charge in [0, 0.05) is 38.5 Å². The predicted molar refractivity (Wildman–Crippen MR) is 136 cm³/mol. The molecule has 3 aromatic rings. The van der Waals surface area contributed by atoms with Gasteiger partial charge in [0.25, 0.3) is 0 Å². The fourth-order valence-corrected chi connectivity index (χ4v) is 4.67. The molecule has 0 aromatic heterocycles. The van der Waals surface area contributed by atoms with E-state index in [-0.39, 0.29) is 17.7 Å². The van der Waals surface area contributed by atoms with Gasteiger partial charge in [-0.2, -0.15) is 0 Å². The molecule has 0 radical (unpaired) electrons. The molecule has 1 aliphatic heterocycles. The Morgan fingerprint density at radius 2 is 1.21 bits per heavy atom. The van der Waals surface area contributed by atoms with Crippen molar-refractivity contribution in [2.24, 2.45) is 5.92 Å². The number of aryl methyl sites for hydroxylation is 1. The van der Waals surface area contributed by atoms with E-state index in [2.05, 4.69) is 36.4 Å². The van der Waals surface area contributed by atoms with Crippen molar-refractivity contribution in [3.8, 4) is 0 Å². The molecule has 4 nitrogen and oxygen atoms in total. The third-order valence-corrected chi connectivity index (χ3v) is 6.71. The minimum Gasteiger partial charge on any atom is -0.343 e. The normalized spacial score (nSPS) is 14.1. The van der Waals surface area contributed by atoms with Crippen molar-refractivity contribution >= 4 is 11.8 Å². The minimum atomic E-state index is -0.0161. The molecule has 0 N–H and O–H groups in total. The molecule has 4 heteroatoms. The van der Waals surface area contributed by atoms with E-state index in [4.69, 9.17) is 0 Å². The van der Waals surface area contributed by atoms with Crippen molar-refractivity contribution in [1.82, 2.24) is 9.80 Å². The van der Waals surface area contributed by atoms with Crippen LogP contribution in [0.25, 0.3) is 0 Å². The third kappa shape index (κ3) is 6.80. The fourth-order valence-electron chi connectivity index (χ4n) is 4.67. The molecule has 0 spiro atoms. The summed E-state index contributed by atoms with van der Waals surface area (Å²) < 4.78 is 0. The molecule has 0 bridgehead atoms. The lowest BCUT2D eigenvalue weighted by molar-refractivity contribution is -0.141. The Morgan fingerprint density at radius 1 is 0.706 bits per heavy atom. The van der Waals surface area contributed by atoms with Crippen LogP contribution in [0.5, 0.6) is 0 Å². The van der Waals surface area contributed by atoms with E-state index in [0.717, 1.165) is 31.2 Å². The molecule has 2 amide bonds. The number of likely N-dealkylation sites (tertiary alicyclic amines) is 1. The Hall–Kier alpha value is -3.40. The van der Waals surface area contributed by atoms with Crippen molar-refractivity contribution in [3.05, 3.63) is 108 Å². The Bertz CT molecular complexity index is 1030. The average molecular weight is 455 g/mol. The largest absolute Gasteiger partial charge is 0.343 e. The number of hydrogen-bond donors (Lipinski definition) is 0. The van der Waals surface area contributed by atoms with Crippen LogP contribution in [0, 0.1) is 5.92 Å². The van der Waals surface area contributed by atoms with E-state index in [0.29, 0.717) is 32.6 Å². The number of piperidine rings is 1. The Labute approximate surface area is 203 Å². The van der Waals surface area contributed by atoms with Crippen LogP contribution in [0.15, 0.2) is 91.0 Å². The van der Waals surface area contributed by atoms with Crippen LogP contribution in [0.4, 0.5) is 0 Å². The van der Waals surface area contributed by atoms with Crippen molar-refractivity contribution in [2.75, 3.05) is 19.6 Å². The van der Waals surface area contributed by atoms with Gasteiger partial charge in [0.2, 0.25) is 11.8 Å². The lowest BCUT2D eigenvalue weighted by Gasteiger charge is -2.34. The Kier molecular flexibility index (Phi) is 8.50. The summed E-state index contributed by atoms with van der Waals surface area (Å²) in [4.78, 5) is 30.2. The molecular formula is C30H34N2O2. The second-order valence-electron chi connectivity index (χ2n) is 9.12. The molecule has 0 unspecified atom stereocenters. The van der Waals surface area contributed by atoms with Crippen LogP contribution < -0.4 is 0 Å². The highest BCUT2D eigenvalue weighted by Gasteiger charge is 2.30. The second kappa shape index (κ2) is 12.2. The van der Waals surface area contributed by atoms with Crippen molar-refractivity contribution in [1.29, 1.82) is 0 Å². The van der Waals surface area contributed by atoms with Gasteiger partial charge in [-0.05, 0) is 42.4 Å². The fraction of sp³-hybridized carbons (Fsp3) is 0.333. The molecular weight excluding hydrogens is 420 g/mol. The molecule has 0 saturated carbocycles. The minimum absolute atomic E-state index is 0.0161. The molecule has 3 aromatic carbocycles. The van der Waals surface area contributed by atoms with E-state index >= 15 is 0 Å². The zero-order valence-electron chi connectivity index (χ0n) is 19.8. The topological polar surface area (TPSA) is 40.6 Å². The molecule has 1 heterocycles. The lowest BCUT2D eigenvalue weighted by atomic mass is 9.94. The predicted octanol–water partition coefficient (Wildman–Crippen LogP) is 5.13. The molecule has 4 rings (SSSR count). The van der Waals surface area contributed by atoms with Gasteiger partial charge in [-0.25, -0.2) is 0 Å². The zero-order valence-corrected chi connectivity index (χ0v) is 19.8. The monoisotopic (exact) mass is 454 g/mol. The maximum atomic E-state index is 13.5. The summed E-state index contributed by atoms with van der Waals surface area (Å²) in [5.74, 6) is 0.397. The van der Waals surface area contributed by atoms with E-state index in [1.807, 2.05) is 64.4 Å². The van der Waals surface area contributed by atoms with Gasteiger partial charge >= 0.3 is 0 Å². The quantitative estimate of drug-likeness (QED) is 0.450. The zero-order chi connectivity index (χ0) is 23.6. The van der Waals surface area contributed by atoms with Crippen LogP contribution in [-0.2, 0) is 29.0 Å². The first-order valence-corrected chi connectivity index (χ1v) is 12.4. The third-order valence-electron chi connectivity index (χ3n) is 6.71. The maximum Gasteiger partial charge on any atom is 0.226 e. The van der Waals surface area contributed by atoms with Gasteiger partial charge < -0.3 is 9.80 Å². The first-order valence-electron chi connectivity index (χ1n) is 12.4. The maximum absolute atomic E-state index is 13.5. The molecule has 0 aliphatic carbocycles. The van der Waals surface area contributed by atoms with Crippen LogP contribution in [0.1, 0.15) is 36.0 Å².